The molecule has 0 saturated heterocycles. The molecule has 0 aliphatic rings. The van der Waals surface area contributed by atoms with Gasteiger partial charge in [-0.1, -0.05) is 23.7 Å². The van der Waals surface area contributed by atoms with Crippen LogP contribution in [0.5, 0.6) is 0 Å². The minimum absolute atomic E-state index is 0.488. The first-order valence-corrected chi connectivity index (χ1v) is 6.84. The SMILES string of the molecule is CC(C)N(c1ccc2ccc(Cl)cc2c1)C(C)C. The number of anilines is 1. The Kier molecular flexibility index (Phi) is 3.82. The van der Waals surface area contributed by atoms with Gasteiger partial charge in [0, 0.05) is 22.8 Å². The second-order valence-corrected chi connectivity index (χ2v) is 5.71. The van der Waals surface area contributed by atoms with E-state index >= 15 is 0 Å². The van der Waals surface area contributed by atoms with Gasteiger partial charge in [-0.05, 0) is 62.7 Å². The maximum absolute atomic E-state index is 6.06. The normalized spacial score (nSPS) is 11.5. The molecule has 96 valence electrons. The van der Waals surface area contributed by atoms with Gasteiger partial charge < -0.3 is 4.90 Å². The molecule has 0 fully saturated rings. The summed E-state index contributed by atoms with van der Waals surface area (Å²) in [4.78, 5) is 2.42. The topological polar surface area (TPSA) is 3.24 Å². The van der Waals surface area contributed by atoms with E-state index in [-0.39, 0.29) is 0 Å². The molecular formula is C16H20ClN. The Balaban J connectivity index is 2.51. The van der Waals surface area contributed by atoms with E-state index in [9.17, 15) is 0 Å². The summed E-state index contributed by atoms with van der Waals surface area (Å²) >= 11 is 6.06. The van der Waals surface area contributed by atoms with Gasteiger partial charge in [-0.25, -0.2) is 0 Å². The summed E-state index contributed by atoms with van der Waals surface area (Å²) < 4.78 is 0. The Morgan fingerprint density at radius 2 is 1.44 bits per heavy atom. The molecule has 0 aliphatic carbocycles. The Morgan fingerprint density at radius 1 is 0.833 bits per heavy atom. The van der Waals surface area contributed by atoms with Crippen LogP contribution in [0.3, 0.4) is 0 Å². The van der Waals surface area contributed by atoms with Crippen molar-refractivity contribution in [3.05, 3.63) is 41.4 Å². The molecule has 0 spiro atoms. The molecule has 1 nitrogen and oxygen atoms in total. The smallest absolute Gasteiger partial charge is 0.0412 e. The van der Waals surface area contributed by atoms with Gasteiger partial charge in [0.05, 0.1) is 0 Å². The quantitative estimate of drug-likeness (QED) is 0.742. The van der Waals surface area contributed by atoms with Crippen molar-refractivity contribution in [2.75, 3.05) is 4.90 Å². The van der Waals surface area contributed by atoms with Gasteiger partial charge in [0.2, 0.25) is 0 Å². The molecule has 0 N–H and O–H groups in total. The maximum Gasteiger partial charge on any atom is 0.0412 e. The molecule has 0 radical (unpaired) electrons. The van der Waals surface area contributed by atoms with Crippen LogP contribution >= 0.6 is 11.6 Å². The van der Waals surface area contributed by atoms with Crippen molar-refractivity contribution in [3.8, 4) is 0 Å². The van der Waals surface area contributed by atoms with E-state index in [0.717, 1.165) is 5.02 Å². The first kappa shape index (κ1) is 13.2. The predicted octanol–water partition coefficient (Wildman–Crippen LogP) is 5.12. The van der Waals surface area contributed by atoms with E-state index in [1.54, 1.807) is 0 Å². The zero-order chi connectivity index (χ0) is 13.3. The molecule has 0 amide bonds. The number of rotatable bonds is 3. The highest BCUT2D eigenvalue weighted by Gasteiger charge is 2.14. The number of nitrogens with zero attached hydrogens (tertiary/aromatic N) is 1. The minimum atomic E-state index is 0.488. The second-order valence-electron chi connectivity index (χ2n) is 5.27. The van der Waals surface area contributed by atoms with Gasteiger partial charge in [-0.3, -0.25) is 0 Å². The molecule has 0 aromatic heterocycles. The first-order chi connectivity index (χ1) is 8.49. The van der Waals surface area contributed by atoms with E-state index in [2.05, 4.69) is 56.9 Å². The second kappa shape index (κ2) is 5.19. The first-order valence-electron chi connectivity index (χ1n) is 6.46. The van der Waals surface area contributed by atoms with E-state index in [4.69, 9.17) is 11.6 Å². The van der Waals surface area contributed by atoms with E-state index in [0.29, 0.717) is 12.1 Å². The molecule has 18 heavy (non-hydrogen) atoms. The monoisotopic (exact) mass is 261 g/mol. The van der Waals surface area contributed by atoms with Gasteiger partial charge >= 0.3 is 0 Å². The highest BCUT2D eigenvalue weighted by molar-refractivity contribution is 6.31. The molecule has 2 heteroatoms. The lowest BCUT2D eigenvalue weighted by Crippen LogP contribution is -2.36. The molecule has 0 unspecified atom stereocenters. The predicted molar refractivity (Wildman–Crippen MR) is 81.7 cm³/mol. The molecule has 0 atom stereocenters. The van der Waals surface area contributed by atoms with Crippen LogP contribution in [0, 0.1) is 0 Å². The van der Waals surface area contributed by atoms with Crippen LogP contribution in [-0.2, 0) is 0 Å². The third-order valence-corrected chi connectivity index (χ3v) is 3.43. The molecule has 2 rings (SSSR count). The van der Waals surface area contributed by atoms with Gasteiger partial charge in [0.25, 0.3) is 0 Å². The van der Waals surface area contributed by atoms with Crippen LogP contribution in [0.1, 0.15) is 27.7 Å². The van der Waals surface area contributed by atoms with Crippen molar-refractivity contribution in [1.29, 1.82) is 0 Å². The van der Waals surface area contributed by atoms with Gasteiger partial charge in [0.1, 0.15) is 0 Å². The Hall–Kier alpha value is -1.21. The molecule has 0 bridgehead atoms. The zero-order valence-electron chi connectivity index (χ0n) is 11.4. The van der Waals surface area contributed by atoms with Crippen molar-refractivity contribution >= 4 is 28.1 Å². The fourth-order valence-electron chi connectivity index (χ4n) is 2.56. The molecule has 2 aromatic carbocycles. The summed E-state index contributed by atoms with van der Waals surface area (Å²) in [5.41, 5.74) is 1.26. The summed E-state index contributed by atoms with van der Waals surface area (Å²) in [6.45, 7) is 8.90. The molecule has 2 aromatic rings. The fraction of sp³-hybridized carbons (Fsp3) is 0.375. The van der Waals surface area contributed by atoms with E-state index in [1.165, 1.54) is 16.5 Å². The largest absolute Gasteiger partial charge is 0.367 e. The third kappa shape index (κ3) is 2.62. The zero-order valence-corrected chi connectivity index (χ0v) is 12.2. The number of halogens is 1. The summed E-state index contributed by atoms with van der Waals surface area (Å²) in [5.74, 6) is 0. The Bertz CT molecular complexity index is 538. The van der Waals surface area contributed by atoms with Crippen molar-refractivity contribution in [3.63, 3.8) is 0 Å². The maximum atomic E-state index is 6.06. The molecule has 0 saturated carbocycles. The van der Waals surface area contributed by atoms with Crippen LogP contribution in [0.2, 0.25) is 5.02 Å². The van der Waals surface area contributed by atoms with Crippen LogP contribution in [0.4, 0.5) is 5.69 Å². The molecular weight excluding hydrogens is 242 g/mol. The number of benzene rings is 2. The van der Waals surface area contributed by atoms with Gasteiger partial charge in [-0.15, -0.1) is 0 Å². The minimum Gasteiger partial charge on any atom is -0.367 e. The highest BCUT2D eigenvalue weighted by atomic mass is 35.5. The Morgan fingerprint density at radius 3 is 2.06 bits per heavy atom. The summed E-state index contributed by atoms with van der Waals surface area (Å²) in [7, 11) is 0. The van der Waals surface area contributed by atoms with Gasteiger partial charge in [-0.2, -0.15) is 0 Å². The van der Waals surface area contributed by atoms with E-state index < -0.39 is 0 Å². The van der Waals surface area contributed by atoms with Crippen LogP contribution < -0.4 is 4.90 Å². The summed E-state index contributed by atoms with van der Waals surface area (Å²) in [5, 5.41) is 3.22. The lowest BCUT2D eigenvalue weighted by molar-refractivity contribution is 0.608. The van der Waals surface area contributed by atoms with Crippen LogP contribution in [0.25, 0.3) is 10.8 Å². The van der Waals surface area contributed by atoms with Crippen molar-refractivity contribution < 1.29 is 0 Å². The third-order valence-electron chi connectivity index (χ3n) is 3.20. The van der Waals surface area contributed by atoms with Crippen molar-refractivity contribution in [2.24, 2.45) is 0 Å². The fourth-order valence-corrected chi connectivity index (χ4v) is 2.74. The van der Waals surface area contributed by atoms with Crippen LogP contribution in [-0.4, -0.2) is 12.1 Å². The lowest BCUT2D eigenvalue weighted by atomic mass is 10.1. The lowest BCUT2D eigenvalue weighted by Gasteiger charge is -2.33. The average molecular weight is 262 g/mol. The summed E-state index contributed by atoms with van der Waals surface area (Å²) in [6.07, 6.45) is 0. The van der Waals surface area contributed by atoms with E-state index in [1.807, 2.05) is 12.1 Å². The molecule has 0 aliphatic heterocycles. The molecule has 0 heterocycles. The van der Waals surface area contributed by atoms with Gasteiger partial charge in [0.15, 0.2) is 0 Å². The number of hydrogen-bond acceptors (Lipinski definition) is 1. The average Bonchev–Trinajstić information content (AvgIpc) is 2.27. The number of hydrogen-bond donors (Lipinski definition) is 0. The number of fused-ring (bicyclic) bond motifs is 1. The standard InChI is InChI=1S/C16H20ClN/c1-11(2)18(12(3)4)16-8-6-13-5-7-15(17)9-14(13)10-16/h5-12H,1-4H3. The highest BCUT2D eigenvalue weighted by Crippen LogP contribution is 2.27. The van der Waals surface area contributed by atoms with Crippen molar-refractivity contribution in [1.82, 2.24) is 0 Å². The Labute approximate surface area is 114 Å². The van der Waals surface area contributed by atoms with Crippen molar-refractivity contribution in [2.45, 2.75) is 39.8 Å². The summed E-state index contributed by atoms with van der Waals surface area (Å²) in [6, 6.07) is 13.6. The van der Waals surface area contributed by atoms with Crippen LogP contribution in [0.15, 0.2) is 36.4 Å².